The van der Waals surface area contributed by atoms with Crippen LogP contribution in [-0.4, -0.2) is 9.97 Å². The smallest absolute Gasteiger partial charge is 0.0620 e. The van der Waals surface area contributed by atoms with Gasteiger partial charge in [0.25, 0.3) is 0 Å². The second kappa shape index (κ2) is 4.47. The molecule has 0 unspecified atom stereocenters. The molecule has 0 N–H and O–H groups in total. The largest absolute Gasteiger partial charge is 0.434 e. The van der Waals surface area contributed by atoms with E-state index in [0.29, 0.717) is 5.82 Å². The molecule has 0 spiro atoms. The maximum absolute atomic E-state index is 4.41. The topological polar surface area (TPSA) is 39.9 Å². The number of nitrogens with zero attached hydrogens (tertiary/aromatic N) is 3. The average Bonchev–Trinajstić information content (AvgIpc) is 2.74. The van der Waals surface area contributed by atoms with Crippen LogP contribution >= 0.6 is 0 Å². The van der Waals surface area contributed by atoms with Crippen molar-refractivity contribution in [1.82, 2.24) is 15.0 Å². The molecule has 0 atom stereocenters. The zero-order chi connectivity index (χ0) is 10.1. The van der Waals surface area contributed by atoms with Crippen molar-refractivity contribution in [2.45, 2.75) is 0 Å². The van der Waals surface area contributed by atoms with Crippen molar-refractivity contribution < 1.29 is 17.1 Å². The second-order valence-electron chi connectivity index (χ2n) is 3.25. The van der Waals surface area contributed by atoms with Gasteiger partial charge in [0, 0.05) is 23.3 Å². The first-order valence-corrected chi connectivity index (χ1v) is 4.74. The first-order valence-electron chi connectivity index (χ1n) is 4.74. The third kappa shape index (κ3) is 1.85. The minimum Gasteiger partial charge on any atom is -0.434 e. The summed E-state index contributed by atoms with van der Waals surface area (Å²) in [5.74, 6) is 0.691. The van der Waals surface area contributed by atoms with E-state index < -0.39 is 0 Å². The van der Waals surface area contributed by atoms with Gasteiger partial charge in [0.05, 0.1) is 5.69 Å². The Morgan fingerprint density at radius 1 is 0.938 bits per heavy atom. The van der Waals surface area contributed by atoms with Crippen LogP contribution < -0.4 is 4.98 Å². The predicted molar refractivity (Wildman–Crippen MR) is 58.3 cm³/mol. The van der Waals surface area contributed by atoms with E-state index in [9.17, 15) is 0 Å². The molecular formula is C12H8FeN3-. The summed E-state index contributed by atoms with van der Waals surface area (Å²) in [4.78, 5) is 13.0. The summed E-state index contributed by atoms with van der Waals surface area (Å²) in [6.07, 6.45) is 1.75. The summed E-state index contributed by atoms with van der Waals surface area (Å²) >= 11 is 0. The number of pyridine rings is 1. The van der Waals surface area contributed by atoms with Gasteiger partial charge in [-0.3, -0.25) is 4.98 Å². The van der Waals surface area contributed by atoms with Crippen molar-refractivity contribution >= 4 is 11.0 Å². The molecular weight excluding hydrogens is 242 g/mol. The number of fused-ring (bicyclic) bond motifs is 1. The molecule has 3 rings (SSSR count). The fourth-order valence-corrected chi connectivity index (χ4v) is 1.52. The fourth-order valence-electron chi connectivity index (χ4n) is 1.52. The van der Waals surface area contributed by atoms with E-state index in [2.05, 4.69) is 15.0 Å². The molecule has 0 aliphatic rings. The molecule has 0 saturated heterocycles. The summed E-state index contributed by atoms with van der Waals surface area (Å²) in [7, 11) is 0. The standard InChI is InChI=1S/C12H8N3.Fe/c1-2-6-10-9(5-1)14-12(15-10)11-7-3-4-8-13-11;/h1-8H;/q-1;. The molecule has 80 valence electrons. The molecule has 3 aromatic rings. The predicted octanol–water partition coefficient (Wildman–Crippen LogP) is 2.25. The van der Waals surface area contributed by atoms with Gasteiger partial charge in [-0.2, -0.15) is 0 Å². The van der Waals surface area contributed by atoms with E-state index in [0.717, 1.165) is 16.7 Å². The number of aromatic nitrogens is 3. The van der Waals surface area contributed by atoms with E-state index in [1.807, 2.05) is 42.5 Å². The Morgan fingerprint density at radius 2 is 1.75 bits per heavy atom. The maximum atomic E-state index is 4.41. The summed E-state index contributed by atoms with van der Waals surface area (Å²) in [6.45, 7) is 0. The molecule has 0 radical (unpaired) electrons. The van der Waals surface area contributed by atoms with Crippen molar-refractivity contribution in [2.75, 3.05) is 0 Å². The average molecular weight is 250 g/mol. The minimum atomic E-state index is 0. The first kappa shape index (κ1) is 10.9. The summed E-state index contributed by atoms with van der Waals surface area (Å²) < 4.78 is 0. The van der Waals surface area contributed by atoms with E-state index in [1.165, 1.54) is 0 Å². The second-order valence-corrected chi connectivity index (χ2v) is 3.25. The normalized spacial score (nSPS) is 10.0. The van der Waals surface area contributed by atoms with Crippen LogP contribution in [-0.2, 0) is 17.1 Å². The molecule has 1 aromatic carbocycles. The van der Waals surface area contributed by atoms with Gasteiger partial charge < -0.3 is 9.97 Å². The van der Waals surface area contributed by atoms with Gasteiger partial charge in [-0.25, -0.2) is 0 Å². The van der Waals surface area contributed by atoms with Crippen molar-refractivity contribution in [1.29, 1.82) is 0 Å². The number of hydrogen-bond donors (Lipinski definition) is 0. The van der Waals surface area contributed by atoms with Crippen LogP contribution in [0.15, 0.2) is 48.7 Å². The molecule has 0 fully saturated rings. The van der Waals surface area contributed by atoms with Gasteiger partial charge in [-0.15, -0.1) is 0 Å². The molecule has 3 nitrogen and oxygen atoms in total. The Hall–Kier alpha value is -1.64. The molecule has 2 aromatic heterocycles. The van der Waals surface area contributed by atoms with E-state index in [-0.39, 0.29) is 17.1 Å². The Kier molecular flexibility index (Phi) is 3.04. The van der Waals surface area contributed by atoms with Crippen LogP contribution in [0.1, 0.15) is 0 Å². The van der Waals surface area contributed by atoms with Crippen LogP contribution in [0.4, 0.5) is 0 Å². The van der Waals surface area contributed by atoms with Crippen LogP contribution in [0, 0.1) is 0 Å². The van der Waals surface area contributed by atoms with Gasteiger partial charge in [0.2, 0.25) is 0 Å². The van der Waals surface area contributed by atoms with Gasteiger partial charge in [0.1, 0.15) is 0 Å². The van der Waals surface area contributed by atoms with Gasteiger partial charge in [0.15, 0.2) is 0 Å². The quantitative estimate of drug-likeness (QED) is 0.622. The summed E-state index contributed by atoms with van der Waals surface area (Å²) in [5.41, 5.74) is 2.64. The maximum Gasteiger partial charge on any atom is 0.0620 e. The van der Waals surface area contributed by atoms with Crippen LogP contribution in [0.3, 0.4) is 0 Å². The molecule has 0 aliphatic carbocycles. The van der Waals surface area contributed by atoms with Crippen LogP contribution in [0.2, 0.25) is 0 Å². The van der Waals surface area contributed by atoms with Gasteiger partial charge in [-0.05, 0) is 29.0 Å². The van der Waals surface area contributed by atoms with Crippen LogP contribution in [0.5, 0.6) is 0 Å². The van der Waals surface area contributed by atoms with Crippen molar-refractivity contribution in [3.05, 3.63) is 48.7 Å². The minimum absolute atomic E-state index is 0. The number of rotatable bonds is 1. The zero-order valence-corrected chi connectivity index (χ0v) is 9.42. The molecule has 16 heavy (non-hydrogen) atoms. The van der Waals surface area contributed by atoms with E-state index in [4.69, 9.17) is 0 Å². The fraction of sp³-hybridized carbons (Fsp3) is 0. The summed E-state index contributed by atoms with van der Waals surface area (Å²) in [6, 6.07) is 13.5. The monoisotopic (exact) mass is 250 g/mol. The molecule has 2 heterocycles. The third-order valence-electron chi connectivity index (χ3n) is 2.23. The van der Waals surface area contributed by atoms with Crippen LogP contribution in [0.25, 0.3) is 22.6 Å². The van der Waals surface area contributed by atoms with E-state index in [1.54, 1.807) is 6.20 Å². The number of hydrogen-bond acceptors (Lipinski definition) is 2. The number of imidazole rings is 1. The third-order valence-corrected chi connectivity index (χ3v) is 2.23. The Balaban J connectivity index is 0.000000963. The SMILES string of the molecule is [Fe].c1ccc(-c2nc3ccccc3[n-]2)nc1. The van der Waals surface area contributed by atoms with Crippen molar-refractivity contribution in [3.8, 4) is 11.5 Å². The molecule has 0 amide bonds. The number of benzene rings is 1. The van der Waals surface area contributed by atoms with Gasteiger partial charge in [-0.1, -0.05) is 30.3 Å². The molecule has 4 heteroatoms. The van der Waals surface area contributed by atoms with E-state index >= 15 is 0 Å². The van der Waals surface area contributed by atoms with Gasteiger partial charge >= 0.3 is 0 Å². The van der Waals surface area contributed by atoms with Crippen molar-refractivity contribution in [3.63, 3.8) is 0 Å². The first-order chi connectivity index (χ1) is 7.43. The Bertz CT molecular complexity index is 556. The number of para-hydroxylation sites is 2. The van der Waals surface area contributed by atoms with Crippen molar-refractivity contribution in [2.24, 2.45) is 0 Å². The Labute approximate surface area is 103 Å². The summed E-state index contributed by atoms with van der Waals surface area (Å²) in [5, 5.41) is 0. The molecule has 0 aliphatic heterocycles. The molecule has 0 bridgehead atoms. The Morgan fingerprint density at radius 3 is 2.50 bits per heavy atom. The zero-order valence-electron chi connectivity index (χ0n) is 8.31. The molecule has 0 saturated carbocycles.